The normalized spacial score (nSPS) is 18.5. The number of para-hydroxylation sites is 1. The summed E-state index contributed by atoms with van der Waals surface area (Å²) in [6, 6.07) is 7.94. The van der Waals surface area contributed by atoms with Crippen LogP contribution >= 0.6 is 0 Å². The lowest BCUT2D eigenvalue weighted by atomic mass is 9.93. The summed E-state index contributed by atoms with van der Waals surface area (Å²) >= 11 is 0. The van der Waals surface area contributed by atoms with Crippen LogP contribution in [0.4, 0.5) is 5.69 Å². The SMILES string of the molecule is C=C(C)C(=O)C1CNc2ccccc21. The van der Waals surface area contributed by atoms with Crippen LogP contribution in [-0.2, 0) is 4.79 Å². The van der Waals surface area contributed by atoms with Crippen LogP contribution < -0.4 is 5.32 Å². The van der Waals surface area contributed by atoms with Crippen molar-refractivity contribution in [3.05, 3.63) is 42.0 Å². The van der Waals surface area contributed by atoms with Gasteiger partial charge in [-0.3, -0.25) is 4.79 Å². The van der Waals surface area contributed by atoms with Gasteiger partial charge in [-0.25, -0.2) is 0 Å². The lowest BCUT2D eigenvalue weighted by molar-refractivity contribution is -0.116. The fraction of sp³-hybridized carbons (Fsp3) is 0.250. The molecule has 2 rings (SSSR count). The fourth-order valence-electron chi connectivity index (χ4n) is 1.82. The van der Waals surface area contributed by atoms with E-state index >= 15 is 0 Å². The molecular weight excluding hydrogens is 174 g/mol. The van der Waals surface area contributed by atoms with Gasteiger partial charge in [0.05, 0.1) is 5.92 Å². The zero-order valence-corrected chi connectivity index (χ0v) is 8.21. The van der Waals surface area contributed by atoms with Crippen molar-refractivity contribution in [2.75, 3.05) is 11.9 Å². The van der Waals surface area contributed by atoms with Gasteiger partial charge in [0.2, 0.25) is 0 Å². The number of nitrogens with one attached hydrogen (secondary N) is 1. The third kappa shape index (κ3) is 1.33. The van der Waals surface area contributed by atoms with Crippen molar-refractivity contribution in [2.45, 2.75) is 12.8 Å². The maximum atomic E-state index is 11.8. The molecule has 1 aliphatic rings. The topological polar surface area (TPSA) is 29.1 Å². The molecule has 1 N–H and O–H groups in total. The predicted molar refractivity (Wildman–Crippen MR) is 57.5 cm³/mol. The fourth-order valence-corrected chi connectivity index (χ4v) is 1.82. The van der Waals surface area contributed by atoms with E-state index in [0.717, 1.165) is 11.3 Å². The summed E-state index contributed by atoms with van der Waals surface area (Å²) < 4.78 is 0. The van der Waals surface area contributed by atoms with Crippen LogP contribution in [0.25, 0.3) is 0 Å². The van der Waals surface area contributed by atoms with Gasteiger partial charge < -0.3 is 5.32 Å². The van der Waals surface area contributed by atoms with Crippen molar-refractivity contribution < 1.29 is 4.79 Å². The molecule has 0 radical (unpaired) electrons. The highest BCUT2D eigenvalue weighted by Gasteiger charge is 2.27. The maximum absolute atomic E-state index is 11.8. The van der Waals surface area contributed by atoms with Crippen LogP contribution in [0.3, 0.4) is 0 Å². The predicted octanol–water partition coefficient (Wildman–Crippen LogP) is 2.34. The van der Waals surface area contributed by atoms with Crippen molar-refractivity contribution in [3.63, 3.8) is 0 Å². The lowest BCUT2D eigenvalue weighted by Crippen LogP contribution is -2.14. The van der Waals surface area contributed by atoms with E-state index in [-0.39, 0.29) is 11.7 Å². The van der Waals surface area contributed by atoms with E-state index in [1.54, 1.807) is 6.92 Å². The molecule has 0 spiro atoms. The lowest BCUT2D eigenvalue weighted by Gasteiger charge is -2.07. The molecule has 0 saturated heterocycles. The van der Waals surface area contributed by atoms with E-state index in [0.29, 0.717) is 12.1 Å². The maximum Gasteiger partial charge on any atom is 0.167 e. The van der Waals surface area contributed by atoms with Gasteiger partial charge in [0.15, 0.2) is 5.78 Å². The van der Waals surface area contributed by atoms with Gasteiger partial charge in [0, 0.05) is 12.2 Å². The first kappa shape index (κ1) is 9.00. The first-order chi connectivity index (χ1) is 6.70. The first-order valence-corrected chi connectivity index (χ1v) is 4.72. The van der Waals surface area contributed by atoms with Gasteiger partial charge in [-0.2, -0.15) is 0 Å². The molecule has 1 aromatic carbocycles. The molecule has 1 aliphatic heterocycles. The number of fused-ring (bicyclic) bond motifs is 1. The van der Waals surface area contributed by atoms with Gasteiger partial charge in [0.25, 0.3) is 0 Å². The molecule has 1 atom stereocenters. The number of rotatable bonds is 2. The second-order valence-electron chi connectivity index (χ2n) is 3.67. The number of Topliss-reactive ketones (excluding diaryl/α,β-unsaturated/α-hetero) is 1. The van der Waals surface area contributed by atoms with E-state index in [1.807, 2.05) is 24.3 Å². The molecule has 1 heterocycles. The third-order valence-corrected chi connectivity index (χ3v) is 2.57. The number of allylic oxidation sites excluding steroid dienone is 1. The molecule has 0 fully saturated rings. The third-order valence-electron chi connectivity index (χ3n) is 2.57. The molecule has 0 saturated carbocycles. The van der Waals surface area contributed by atoms with E-state index in [1.165, 1.54) is 0 Å². The van der Waals surface area contributed by atoms with Crippen LogP contribution in [0.2, 0.25) is 0 Å². The number of hydrogen-bond acceptors (Lipinski definition) is 2. The number of benzene rings is 1. The van der Waals surface area contributed by atoms with Crippen molar-refractivity contribution >= 4 is 11.5 Å². The largest absolute Gasteiger partial charge is 0.384 e. The molecule has 0 aliphatic carbocycles. The van der Waals surface area contributed by atoms with E-state index < -0.39 is 0 Å². The van der Waals surface area contributed by atoms with E-state index in [9.17, 15) is 4.79 Å². The summed E-state index contributed by atoms with van der Waals surface area (Å²) in [7, 11) is 0. The Labute approximate surface area is 83.6 Å². The summed E-state index contributed by atoms with van der Waals surface area (Å²) in [6.45, 7) is 6.16. The minimum Gasteiger partial charge on any atom is -0.384 e. The van der Waals surface area contributed by atoms with Gasteiger partial charge in [-0.15, -0.1) is 0 Å². The number of ketones is 1. The zero-order valence-electron chi connectivity index (χ0n) is 8.21. The zero-order chi connectivity index (χ0) is 10.1. The Balaban J connectivity index is 2.35. The van der Waals surface area contributed by atoms with Crippen molar-refractivity contribution in [2.24, 2.45) is 0 Å². The smallest absolute Gasteiger partial charge is 0.167 e. The molecule has 14 heavy (non-hydrogen) atoms. The van der Waals surface area contributed by atoms with Gasteiger partial charge in [-0.1, -0.05) is 24.8 Å². The molecule has 1 aromatic rings. The Morgan fingerprint density at radius 1 is 1.50 bits per heavy atom. The summed E-state index contributed by atoms with van der Waals surface area (Å²) in [5, 5.41) is 3.22. The Morgan fingerprint density at radius 2 is 2.21 bits per heavy atom. The second kappa shape index (κ2) is 3.29. The van der Waals surface area contributed by atoms with E-state index in [2.05, 4.69) is 11.9 Å². The second-order valence-corrected chi connectivity index (χ2v) is 3.67. The average molecular weight is 187 g/mol. The summed E-state index contributed by atoms with van der Waals surface area (Å²) in [4.78, 5) is 11.8. The number of carbonyl (C=O) groups excluding carboxylic acids is 1. The molecule has 0 bridgehead atoms. The number of hydrogen-bond donors (Lipinski definition) is 1. The summed E-state index contributed by atoms with van der Waals surface area (Å²) in [5.41, 5.74) is 2.81. The number of carbonyl (C=O) groups is 1. The van der Waals surface area contributed by atoms with Crippen molar-refractivity contribution in [1.82, 2.24) is 0 Å². The molecule has 1 unspecified atom stereocenters. The highest BCUT2D eigenvalue weighted by molar-refractivity contribution is 6.01. The van der Waals surface area contributed by atoms with E-state index in [4.69, 9.17) is 0 Å². The average Bonchev–Trinajstić information content (AvgIpc) is 2.60. The molecular formula is C12H13NO. The minimum atomic E-state index is -0.0382. The number of anilines is 1. The molecule has 72 valence electrons. The highest BCUT2D eigenvalue weighted by Crippen LogP contribution is 2.32. The molecule has 2 heteroatoms. The Bertz CT molecular complexity index is 395. The Kier molecular flexibility index (Phi) is 2.12. The monoisotopic (exact) mass is 187 g/mol. The van der Waals surface area contributed by atoms with Crippen molar-refractivity contribution in [1.29, 1.82) is 0 Å². The Hall–Kier alpha value is -1.57. The van der Waals surface area contributed by atoms with Gasteiger partial charge >= 0.3 is 0 Å². The van der Waals surface area contributed by atoms with Crippen molar-refractivity contribution in [3.8, 4) is 0 Å². The summed E-state index contributed by atoms with van der Waals surface area (Å²) in [6.07, 6.45) is 0. The highest BCUT2D eigenvalue weighted by atomic mass is 16.1. The standard InChI is InChI=1S/C12H13NO/c1-8(2)12(14)10-7-13-11-6-4-3-5-9(10)11/h3-6,10,13H,1,7H2,2H3. The van der Waals surface area contributed by atoms with Gasteiger partial charge in [0.1, 0.15) is 0 Å². The van der Waals surface area contributed by atoms with Gasteiger partial charge in [-0.05, 0) is 24.1 Å². The van der Waals surface area contributed by atoms with Crippen LogP contribution in [0, 0.1) is 0 Å². The van der Waals surface area contributed by atoms with Crippen LogP contribution in [0.5, 0.6) is 0 Å². The Morgan fingerprint density at radius 3 is 2.93 bits per heavy atom. The van der Waals surface area contributed by atoms with Crippen LogP contribution in [-0.4, -0.2) is 12.3 Å². The quantitative estimate of drug-likeness (QED) is 0.720. The first-order valence-electron chi connectivity index (χ1n) is 4.72. The molecule has 0 aromatic heterocycles. The van der Waals surface area contributed by atoms with Crippen LogP contribution in [0.15, 0.2) is 36.4 Å². The summed E-state index contributed by atoms with van der Waals surface area (Å²) in [5.74, 6) is 0.103. The molecule has 0 amide bonds. The van der Waals surface area contributed by atoms with Crippen LogP contribution in [0.1, 0.15) is 18.4 Å². The molecule has 2 nitrogen and oxygen atoms in total. The minimum absolute atomic E-state index is 0.0382.